The molecule has 0 saturated heterocycles. The zero-order valence-electron chi connectivity index (χ0n) is 13.8. The minimum Gasteiger partial charge on any atom is -0.492 e. The lowest BCUT2D eigenvalue weighted by Gasteiger charge is -2.14. The van der Waals surface area contributed by atoms with Crippen LogP contribution in [0.25, 0.3) is 0 Å². The number of amides is 1. The highest BCUT2D eigenvalue weighted by Gasteiger charge is 2.17. The van der Waals surface area contributed by atoms with E-state index in [0.717, 1.165) is 3.57 Å². The monoisotopic (exact) mass is 630 g/mol. The molecular formula is C17H13ClI2N2O4S. The summed E-state index contributed by atoms with van der Waals surface area (Å²) in [7, 11) is 0. The summed E-state index contributed by atoms with van der Waals surface area (Å²) < 4.78 is 6.77. The molecule has 0 aromatic heterocycles. The van der Waals surface area contributed by atoms with E-state index in [0.29, 0.717) is 32.2 Å². The van der Waals surface area contributed by atoms with E-state index in [2.05, 4.69) is 10.6 Å². The van der Waals surface area contributed by atoms with Crippen molar-refractivity contribution in [2.24, 2.45) is 0 Å². The normalized spacial score (nSPS) is 10.2. The molecule has 10 heteroatoms. The Morgan fingerprint density at radius 2 is 1.96 bits per heavy atom. The zero-order valence-corrected chi connectivity index (χ0v) is 19.7. The van der Waals surface area contributed by atoms with Crippen LogP contribution in [0.1, 0.15) is 27.6 Å². The van der Waals surface area contributed by atoms with E-state index in [9.17, 15) is 14.7 Å². The van der Waals surface area contributed by atoms with E-state index < -0.39 is 11.9 Å². The predicted octanol–water partition coefficient (Wildman–Crippen LogP) is 4.77. The number of hydrogen-bond donors (Lipinski definition) is 3. The second-order valence-electron chi connectivity index (χ2n) is 5.10. The number of aromatic carboxylic acids is 1. The Balaban J connectivity index is 2.16. The molecule has 0 spiro atoms. The van der Waals surface area contributed by atoms with Crippen LogP contribution >= 0.6 is 69.0 Å². The van der Waals surface area contributed by atoms with Crippen LogP contribution in [0.15, 0.2) is 30.3 Å². The van der Waals surface area contributed by atoms with Crippen molar-refractivity contribution in [2.75, 3.05) is 11.9 Å². The van der Waals surface area contributed by atoms with Crippen molar-refractivity contribution in [3.05, 3.63) is 53.6 Å². The Morgan fingerprint density at radius 3 is 2.56 bits per heavy atom. The van der Waals surface area contributed by atoms with Gasteiger partial charge in [-0.25, -0.2) is 4.79 Å². The van der Waals surface area contributed by atoms with E-state index in [1.807, 2.05) is 52.1 Å². The number of carbonyl (C=O) groups is 2. The molecule has 2 aromatic rings. The summed E-state index contributed by atoms with van der Waals surface area (Å²) in [6, 6.07) is 7.95. The third-order valence-corrected chi connectivity index (χ3v) is 5.22. The topological polar surface area (TPSA) is 87.7 Å². The number of rotatable bonds is 5. The first kappa shape index (κ1) is 22.1. The van der Waals surface area contributed by atoms with Crippen LogP contribution < -0.4 is 15.4 Å². The molecule has 6 nitrogen and oxygen atoms in total. The molecule has 27 heavy (non-hydrogen) atoms. The average Bonchev–Trinajstić information content (AvgIpc) is 2.58. The molecule has 0 bridgehead atoms. The van der Waals surface area contributed by atoms with E-state index in [1.54, 1.807) is 18.2 Å². The molecule has 0 atom stereocenters. The number of halogens is 3. The summed E-state index contributed by atoms with van der Waals surface area (Å²) in [6.07, 6.45) is 0. The van der Waals surface area contributed by atoms with E-state index in [1.165, 1.54) is 12.1 Å². The minimum absolute atomic E-state index is 0.0216. The first-order valence-electron chi connectivity index (χ1n) is 7.50. The SMILES string of the molecule is CCOc1ccc(C(=O)NC(=S)Nc2c(I)cc(I)cc2C(=O)O)cc1Cl. The number of carboxylic acid groups (broad SMARTS) is 1. The van der Waals surface area contributed by atoms with Gasteiger partial charge in [0.2, 0.25) is 0 Å². The number of nitrogens with one attached hydrogen (secondary N) is 2. The molecule has 142 valence electrons. The van der Waals surface area contributed by atoms with E-state index >= 15 is 0 Å². The molecule has 3 N–H and O–H groups in total. The summed E-state index contributed by atoms with van der Waals surface area (Å²) in [6.45, 7) is 2.29. The smallest absolute Gasteiger partial charge is 0.337 e. The van der Waals surface area contributed by atoms with Gasteiger partial charge in [-0.1, -0.05) is 11.6 Å². The number of ether oxygens (including phenoxy) is 1. The number of benzene rings is 2. The lowest BCUT2D eigenvalue weighted by Crippen LogP contribution is -2.34. The molecule has 0 unspecified atom stereocenters. The fourth-order valence-corrected chi connectivity index (χ4v) is 4.51. The van der Waals surface area contributed by atoms with Gasteiger partial charge >= 0.3 is 5.97 Å². The van der Waals surface area contributed by atoms with Gasteiger partial charge in [0.25, 0.3) is 5.91 Å². The first-order valence-corrected chi connectivity index (χ1v) is 10.4. The van der Waals surface area contributed by atoms with Gasteiger partial charge < -0.3 is 15.2 Å². The van der Waals surface area contributed by atoms with Crippen molar-refractivity contribution in [3.63, 3.8) is 0 Å². The molecule has 1 amide bonds. The molecule has 0 aliphatic rings. The second-order valence-corrected chi connectivity index (χ2v) is 8.33. The molecule has 0 radical (unpaired) electrons. The number of anilines is 1. The first-order chi connectivity index (χ1) is 12.7. The van der Waals surface area contributed by atoms with Crippen molar-refractivity contribution in [3.8, 4) is 5.75 Å². The number of thiocarbonyl (C=S) groups is 1. The molecule has 2 rings (SSSR count). The standard InChI is InChI=1S/C17H13ClI2N2O4S/c1-2-26-13-4-3-8(5-11(13)18)15(23)22-17(27)21-14-10(16(24)25)6-9(19)7-12(14)20/h3-7H,2H2,1H3,(H,24,25)(H2,21,22,23,27). The Bertz CT molecular complexity index is 924. The van der Waals surface area contributed by atoms with E-state index in [4.69, 9.17) is 28.6 Å². The van der Waals surface area contributed by atoms with Gasteiger partial charge in [-0.05, 0) is 94.7 Å². The molecule has 0 aliphatic carbocycles. The second kappa shape index (κ2) is 9.85. The molecule has 0 aliphatic heterocycles. The Labute approximate surface area is 193 Å². The van der Waals surface area contributed by atoms with Gasteiger partial charge in [-0.2, -0.15) is 0 Å². The van der Waals surface area contributed by atoms with Crippen molar-refractivity contribution in [1.29, 1.82) is 0 Å². The lowest BCUT2D eigenvalue weighted by atomic mass is 10.2. The Kier molecular flexibility index (Phi) is 8.06. The highest BCUT2D eigenvalue weighted by Crippen LogP contribution is 2.27. The van der Waals surface area contributed by atoms with Crippen LogP contribution in [0.4, 0.5) is 5.69 Å². The number of carbonyl (C=O) groups excluding carboxylic acids is 1. The fourth-order valence-electron chi connectivity index (χ4n) is 2.10. The highest BCUT2D eigenvalue weighted by atomic mass is 127. The Hall–Kier alpha value is -1.18. The van der Waals surface area contributed by atoms with Crippen molar-refractivity contribution < 1.29 is 19.4 Å². The number of hydrogen-bond acceptors (Lipinski definition) is 4. The summed E-state index contributed by atoms with van der Waals surface area (Å²) in [4.78, 5) is 23.8. The van der Waals surface area contributed by atoms with Gasteiger partial charge in [0.05, 0.1) is 22.9 Å². The van der Waals surface area contributed by atoms with Crippen LogP contribution in [0.3, 0.4) is 0 Å². The molecule has 0 saturated carbocycles. The summed E-state index contributed by atoms with van der Waals surface area (Å²) in [5.41, 5.74) is 0.675. The predicted molar refractivity (Wildman–Crippen MR) is 125 cm³/mol. The largest absolute Gasteiger partial charge is 0.492 e. The van der Waals surface area contributed by atoms with Crippen LogP contribution in [0.5, 0.6) is 5.75 Å². The van der Waals surface area contributed by atoms with Crippen molar-refractivity contribution in [1.82, 2.24) is 5.32 Å². The van der Waals surface area contributed by atoms with Crippen LogP contribution in [0.2, 0.25) is 5.02 Å². The maximum absolute atomic E-state index is 12.4. The van der Waals surface area contributed by atoms with Crippen LogP contribution in [0, 0.1) is 7.14 Å². The molecule has 0 heterocycles. The van der Waals surface area contributed by atoms with Crippen LogP contribution in [-0.2, 0) is 0 Å². The average molecular weight is 631 g/mol. The maximum atomic E-state index is 12.4. The third kappa shape index (κ3) is 5.90. The Morgan fingerprint density at radius 1 is 1.26 bits per heavy atom. The maximum Gasteiger partial charge on any atom is 0.337 e. The summed E-state index contributed by atoms with van der Waals surface area (Å²) in [5, 5.41) is 15.0. The molecule has 0 fully saturated rings. The van der Waals surface area contributed by atoms with Gasteiger partial charge in [0, 0.05) is 12.7 Å². The lowest BCUT2D eigenvalue weighted by molar-refractivity contribution is 0.0697. The van der Waals surface area contributed by atoms with Gasteiger partial charge in [-0.3, -0.25) is 10.1 Å². The molecule has 2 aromatic carbocycles. The fraction of sp³-hybridized carbons (Fsp3) is 0.118. The van der Waals surface area contributed by atoms with Gasteiger partial charge in [-0.15, -0.1) is 0 Å². The van der Waals surface area contributed by atoms with Crippen molar-refractivity contribution in [2.45, 2.75) is 6.92 Å². The van der Waals surface area contributed by atoms with Crippen molar-refractivity contribution >= 4 is 91.7 Å². The van der Waals surface area contributed by atoms with Crippen LogP contribution in [-0.4, -0.2) is 28.7 Å². The van der Waals surface area contributed by atoms with E-state index in [-0.39, 0.29) is 10.7 Å². The van der Waals surface area contributed by atoms with Gasteiger partial charge in [0.1, 0.15) is 5.75 Å². The third-order valence-electron chi connectivity index (χ3n) is 3.24. The highest BCUT2D eigenvalue weighted by molar-refractivity contribution is 14.1. The quantitative estimate of drug-likeness (QED) is 0.326. The summed E-state index contributed by atoms with van der Waals surface area (Å²) in [5.74, 6) is -1.09. The zero-order chi connectivity index (χ0) is 20.1. The van der Waals surface area contributed by atoms with Gasteiger partial charge in [0.15, 0.2) is 5.11 Å². The summed E-state index contributed by atoms with van der Waals surface area (Å²) >= 11 is 15.3. The number of carboxylic acids is 1. The molecular weight excluding hydrogens is 618 g/mol. The minimum atomic E-state index is -1.10.